The third-order valence-electron chi connectivity index (χ3n) is 4.92. The lowest BCUT2D eigenvalue weighted by molar-refractivity contribution is 0.131. The van der Waals surface area contributed by atoms with Gasteiger partial charge in [-0.25, -0.2) is 0 Å². The summed E-state index contributed by atoms with van der Waals surface area (Å²) < 4.78 is 0. The van der Waals surface area contributed by atoms with Crippen LogP contribution in [0, 0.1) is 0 Å². The van der Waals surface area contributed by atoms with Gasteiger partial charge in [0.05, 0.1) is 0 Å². The van der Waals surface area contributed by atoms with Crippen LogP contribution in [0.4, 0.5) is 0 Å². The molecule has 1 heterocycles. The summed E-state index contributed by atoms with van der Waals surface area (Å²) in [5.41, 5.74) is 2.78. The predicted octanol–water partition coefficient (Wildman–Crippen LogP) is 2.91. The van der Waals surface area contributed by atoms with Crippen LogP contribution in [0.5, 0.6) is 0 Å². The smallest absolute Gasteiger partial charge is 0.191 e. The van der Waals surface area contributed by atoms with Crippen LogP contribution in [0.15, 0.2) is 29.3 Å². The van der Waals surface area contributed by atoms with Crippen molar-refractivity contribution in [2.45, 2.75) is 39.8 Å². The molecule has 0 unspecified atom stereocenters. The predicted molar refractivity (Wildman–Crippen MR) is 122 cm³/mol. The van der Waals surface area contributed by atoms with Crippen LogP contribution in [-0.2, 0) is 13.1 Å². The molecule has 1 aromatic carbocycles. The van der Waals surface area contributed by atoms with E-state index in [1.54, 1.807) is 0 Å². The van der Waals surface area contributed by atoms with Crippen LogP contribution in [0.2, 0.25) is 0 Å². The molecular formula is C20H36IN5. The van der Waals surface area contributed by atoms with E-state index in [4.69, 9.17) is 0 Å². The number of rotatable bonds is 8. The Morgan fingerprint density at radius 3 is 2.27 bits per heavy atom. The Morgan fingerprint density at radius 2 is 1.65 bits per heavy atom. The van der Waals surface area contributed by atoms with Gasteiger partial charge in [0.2, 0.25) is 0 Å². The quantitative estimate of drug-likeness (QED) is 0.264. The van der Waals surface area contributed by atoms with Crippen molar-refractivity contribution in [3.63, 3.8) is 0 Å². The maximum Gasteiger partial charge on any atom is 0.191 e. The summed E-state index contributed by atoms with van der Waals surface area (Å²) in [6.07, 6.45) is 2.36. The van der Waals surface area contributed by atoms with Gasteiger partial charge >= 0.3 is 0 Å². The maximum atomic E-state index is 4.32. The lowest BCUT2D eigenvalue weighted by atomic mass is 10.1. The van der Waals surface area contributed by atoms with Crippen molar-refractivity contribution in [2.75, 3.05) is 46.3 Å². The largest absolute Gasteiger partial charge is 0.356 e. The molecule has 0 atom stereocenters. The molecular weight excluding hydrogens is 437 g/mol. The van der Waals surface area contributed by atoms with Gasteiger partial charge < -0.3 is 15.5 Å². The average molecular weight is 473 g/mol. The molecule has 26 heavy (non-hydrogen) atoms. The van der Waals surface area contributed by atoms with Crippen LogP contribution in [-0.4, -0.2) is 62.1 Å². The van der Waals surface area contributed by atoms with Gasteiger partial charge in [-0.3, -0.25) is 9.89 Å². The van der Waals surface area contributed by atoms with Crippen molar-refractivity contribution in [1.82, 2.24) is 20.4 Å². The Kier molecular flexibility index (Phi) is 11.9. The molecule has 6 heteroatoms. The summed E-state index contributed by atoms with van der Waals surface area (Å²) in [7, 11) is 1.83. The number of hydrogen-bond donors (Lipinski definition) is 2. The van der Waals surface area contributed by atoms with Crippen LogP contribution in [0.1, 0.15) is 37.8 Å². The van der Waals surface area contributed by atoms with Gasteiger partial charge in [0, 0.05) is 52.9 Å². The lowest BCUT2D eigenvalue weighted by Gasteiger charge is -2.34. The van der Waals surface area contributed by atoms with Gasteiger partial charge in [-0.05, 0) is 24.1 Å². The molecule has 2 rings (SSSR count). The number of hydrogen-bond acceptors (Lipinski definition) is 3. The van der Waals surface area contributed by atoms with Crippen molar-refractivity contribution in [2.24, 2.45) is 4.99 Å². The topological polar surface area (TPSA) is 42.9 Å². The number of benzene rings is 1. The number of aliphatic imine (C=N–C) groups is 1. The first-order valence-electron chi connectivity index (χ1n) is 9.72. The minimum atomic E-state index is 0. The maximum absolute atomic E-state index is 4.32. The first kappa shape index (κ1) is 23.2. The Bertz CT molecular complexity index is 527. The highest BCUT2D eigenvalue weighted by molar-refractivity contribution is 14.0. The summed E-state index contributed by atoms with van der Waals surface area (Å²) in [6.45, 7) is 13.1. The van der Waals surface area contributed by atoms with E-state index < -0.39 is 0 Å². The van der Waals surface area contributed by atoms with E-state index in [0.717, 1.165) is 38.7 Å². The highest BCUT2D eigenvalue weighted by atomic mass is 127. The molecule has 0 amide bonds. The van der Waals surface area contributed by atoms with Crippen LogP contribution in [0.25, 0.3) is 0 Å². The monoisotopic (exact) mass is 473 g/mol. The first-order chi connectivity index (χ1) is 12.3. The van der Waals surface area contributed by atoms with Gasteiger partial charge in [0.1, 0.15) is 0 Å². The fourth-order valence-corrected chi connectivity index (χ4v) is 3.17. The first-order valence-corrected chi connectivity index (χ1v) is 9.72. The van der Waals surface area contributed by atoms with Gasteiger partial charge in [-0.15, -0.1) is 24.0 Å². The summed E-state index contributed by atoms with van der Waals surface area (Å²) in [5.74, 6) is 0.889. The van der Waals surface area contributed by atoms with E-state index in [1.165, 1.54) is 43.6 Å². The van der Waals surface area contributed by atoms with Crippen molar-refractivity contribution in [3.8, 4) is 0 Å². The zero-order valence-corrected chi connectivity index (χ0v) is 19.0. The fourth-order valence-electron chi connectivity index (χ4n) is 3.17. The molecule has 0 bridgehead atoms. The molecule has 5 nitrogen and oxygen atoms in total. The minimum absolute atomic E-state index is 0. The number of halogens is 1. The van der Waals surface area contributed by atoms with Crippen molar-refractivity contribution < 1.29 is 0 Å². The standard InChI is InChI=1S/C20H35N5.HI/c1-4-6-11-22-20(21-3)23-16-18-9-7-8-10-19(18)17-25-14-12-24(5-2)13-15-25;/h7-10H,4-6,11-17H2,1-3H3,(H2,21,22,23);1H. The molecule has 1 aliphatic rings. The average Bonchev–Trinajstić information content (AvgIpc) is 2.66. The van der Waals surface area contributed by atoms with Crippen LogP contribution in [0.3, 0.4) is 0 Å². The third kappa shape index (κ3) is 7.80. The molecule has 148 valence electrons. The molecule has 0 spiro atoms. The molecule has 0 radical (unpaired) electrons. The van der Waals surface area contributed by atoms with Crippen LogP contribution < -0.4 is 10.6 Å². The number of nitrogens with one attached hydrogen (secondary N) is 2. The normalized spacial score (nSPS) is 16.2. The van der Waals surface area contributed by atoms with E-state index >= 15 is 0 Å². The minimum Gasteiger partial charge on any atom is -0.356 e. The lowest BCUT2D eigenvalue weighted by Crippen LogP contribution is -2.45. The Morgan fingerprint density at radius 1 is 1.00 bits per heavy atom. The number of unbranched alkanes of at least 4 members (excludes halogenated alkanes) is 1. The summed E-state index contributed by atoms with van der Waals surface area (Å²) in [5, 5.41) is 6.83. The van der Waals surface area contributed by atoms with Crippen molar-refractivity contribution in [3.05, 3.63) is 35.4 Å². The van der Waals surface area contributed by atoms with E-state index in [9.17, 15) is 0 Å². The second kappa shape index (κ2) is 13.3. The second-order valence-electron chi connectivity index (χ2n) is 6.69. The Hall–Kier alpha value is -0.860. The number of likely N-dealkylation sites (N-methyl/N-ethyl adjacent to an activating group) is 1. The highest BCUT2D eigenvalue weighted by Gasteiger charge is 2.16. The number of nitrogens with zero attached hydrogens (tertiary/aromatic N) is 3. The summed E-state index contributed by atoms with van der Waals surface area (Å²) >= 11 is 0. The second-order valence-corrected chi connectivity index (χ2v) is 6.69. The summed E-state index contributed by atoms with van der Waals surface area (Å²) in [6, 6.07) is 8.76. The number of guanidine groups is 1. The van der Waals surface area contributed by atoms with Crippen molar-refractivity contribution >= 4 is 29.9 Å². The van der Waals surface area contributed by atoms with Gasteiger partial charge in [0.25, 0.3) is 0 Å². The molecule has 0 aromatic heterocycles. The van der Waals surface area contributed by atoms with E-state index in [-0.39, 0.29) is 24.0 Å². The Balaban J connectivity index is 0.00000338. The van der Waals surface area contributed by atoms with Gasteiger partial charge in [-0.1, -0.05) is 44.5 Å². The van der Waals surface area contributed by atoms with Gasteiger partial charge in [-0.2, -0.15) is 0 Å². The molecule has 0 aliphatic carbocycles. The highest BCUT2D eigenvalue weighted by Crippen LogP contribution is 2.13. The molecule has 1 aromatic rings. The molecule has 1 saturated heterocycles. The molecule has 0 saturated carbocycles. The molecule has 2 N–H and O–H groups in total. The van der Waals surface area contributed by atoms with Crippen molar-refractivity contribution in [1.29, 1.82) is 0 Å². The third-order valence-corrected chi connectivity index (χ3v) is 4.92. The zero-order valence-electron chi connectivity index (χ0n) is 16.6. The molecule has 1 fully saturated rings. The van der Waals surface area contributed by atoms with E-state index in [1.807, 2.05) is 7.05 Å². The van der Waals surface area contributed by atoms with Crippen LogP contribution >= 0.6 is 24.0 Å². The summed E-state index contributed by atoms with van der Waals surface area (Å²) in [4.78, 5) is 9.41. The van der Waals surface area contributed by atoms with E-state index in [2.05, 4.69) is 63.5 Å². The zero-order chi connectivity index (χ0) is 17.9. The number of piperazine rings is 1. The molecule has 1 aliphatic heterocycles. The fraction of sp³-hybridized carbons (Fsp3) is 0.650. The SMILES string of the molecule is CCCCNC(=NC)NCc1ccccc1CN1CCN(CC)CC1.I. The van der Waals surface area contributed by atoms with Gasteiger partial charge in [0.15, 0.2) is 5.96 Å². The van der Waals surface area contributed by atoms with E-state index in [0.29, 0.717) is 0 Å². The Labute approximate surface area is 176 Å².